The van der Waals surface area contributed by atoms with E-state index in [1.165, 1.54) is 7.11 Å². The minimum absolute atomic E-state index is 0.0567. The van der Waals surface area contributed by atoms with Gasteiger partial charge in [0.2, 0.25) is 0 Å². The number of likely N-dealkylation sites (tertiary alicyclic amines) is 1. The summed E-state index contributed by atoms with van der Waals surface area (Å²) in [6.07, 6.45) is 1.04. The molecule has 2 heterocycles. The number of hydrogen-bond donors (Lipinski definition) is 0. The topological polar surface area (TPSA) is 81.9 Å². The van der Waals surface area contributed by atoms with E-state index in [0.717, 1.165) is 22.6 Å². The third-order valence-corrected chi connectivity index (χ3v) is 6.47. The molecule has 0 saturated carbocycles. The van der Waals surface area contributed by atoms with E-state index in [-0.39, 0.29) is 11.9 Å². The minimum atomic E-state index is -0.720. The number of ether oxygens (including phenoxy) is 2. The number of esters is 1. The zero-order valence-electron chi connectivity index (χ0n) is 19.2. The zero-order chi connectivity index (χ0) is 23.4. The molecule has 172 valence electrons. The predicted octanol–water partition coefficient (Wildman–Crippen LogP) is 4.22. The van der Waals surface area contributed by atoms with Gasteiger partial charge in [-0.1, -0.05) is 35.5 Å². The quantitative estimate of drug-likeness (QED) is 0.525. The SMILES string of the molecule is COC(=O)C1(c2ccccc2)CCN(C(=O)c2ccc(OCc3c(C)noc3C)cc2)CC1. The summed E-state index contributed by atoms with van der Waals surface area (Å²) >= 11 is 0. The summed E-state index contributed by atoms with van der Waals surface area (Å²) in [5.41, 5.74) is 2.54. The van der Waals surface area contributed by atoms with E-state index in [2.05, 4.69) is 5.16 Å². The molecule has 0 atom stereocenters. The fraction of sp³-hybridized carbons (Fsp3) is 0.346. The van der Waals surface area contributed by atoms with E-state index in [9.17, 15) is 9.59 Å². The van der Waals surface area contributed by atoms with E-state index >= 15 is 0 Å². The average molecular weight is 449 g/mol. The van der Waals surface area contributed by atoms with Gasteiger partial charge in [-0.3, -0.25) is 9.59 Å². The van der Waals surface area contributed by atoms with Crippen LogP contribution in [0, 0.1) is 13.8 Å². The van der Waals surface area contributed by atoms with Crippen LogP contribution in [0.2, 0.25) is 0 Å². The summed E-state index contributed by atoms with van der Waals surface area (Å²) in [4.78, 5) is 27.6. The number of aromatic nitrogens is 1. The van der Waals surface area contributed by atoms with E-state index in [4.69, 9.17) is 14.0 Å². The number of rotatable bonds is 6. The maximum absolute atomic E-state index is 13.1. The number of methoxy groups -OCH3 is 1. The monoisotopic (exact) mass is 448 g/mol. The maximum Gasteiger partial charge on any atom is 0.316 e. The van der Waals surface area contributed by atoms with Crippen LogP contribution in [0.15, 0.2) is 59.1 Å². The van der Waals surface area contributed by atoms with E-state index in [0.29, 0.717) is 43.9 Å². The number of benzene rings is 2. The fourth-order valence-corrected chi connectivity index (χ4v) is 4.39. The zero-order valence-corrected chi connectivity index (χ0v) is 19.2. The number of piperidine rings is 1. The van der Waals surface area contributed by atoms with Crippen molar-refractivity contribution in [2.24, 2.45) is 0 Å². The Kier molecular flexibility index (Phi) is 6.49. The molecule has 0 N–H and O–H groups in total. The highest BCUT2D eigenvalue weighted by atomic mass is 16.5. The van der Waals surface area contributed by atoms with Crippen LogP contribution in [-0.2, 0) is 21.6 Å². The average Bonchev–Trinajstić information content (AvgIpc) is 3.19. The summed E-state index contributed by atoms with van der Waals surface area (Å²) in [6.45, 7) is 5.05. The van der Waals surface area contributed by atoms with Gasteiger partial charge in [-0.25, -0.2) is 0 Å². The first-order chi connectivity index (χ1) is 15.9. The Balaban J connectivity index is 1.40. The number of aryl methyl sites for hydroxylation is 2. The maximum atomic E-state index is 13.1. The second-order valence-electron chi connectivity index (χ2n) is 8.35. The van der Waals surface area contributed by atoms with Crippen LogP contribution in [0.1, 0.15) is 45.8 Å². The van der Waals surface area contributed by atoms with Gasteiger partial charge in [-0.15, -0.1) is 0 Å². The van der Waals surface area contributed by atoms with Crippen LogP contribution in [-0.4, -0.2) is 42.1 Å². The summed E-state index contributed by atoms with van der Waals surface area (Å²) in [7, 11) is 1.42. The van der Waals surface area contributed by atoms with Crippen molar-refractivity contribution in [3.05, 3.63) is 82.7 Å². The number of hydrogen-bond acceptors (Lipinski definition) is 6. The molecule has 4 rings (SSSR count). The van der Waals surface area contributed by atoms with Crippen molar-refractivity contribution < 1.29 is 23.6 Å². The highest BCUT2D eigenvalue weighted by Gasteiger charge is 2.44. The lowest BCUT2D eigenvalue weighted by atomic mass is 9.72. The Labute approximate surface area is 193 Å². The highest BCUT2D eigenvalue weighted by Crippen LogP contribution is 2.37. The molecular formula is C26H28N2O5. The number of nitrogens with zero attached hydrogens (tertiary/aromatic N) is 2. The Hall–Kier alpha value is -3.61. The molecule has 1 aliphatic rings. The molecule has 0 unspecified atom stereocenters. The lowest BCUT2D eigenvalue weighted by molar-refractivity contribution is -0.149. The second-order valence-corrected chi connectivity index (χ2v) is 8.35. The first-order valence-electron chi connectivity index (χ1n) is 11.0. The summed E-state index contributed by atoms with van der Waals surface area (Å²) < 4.78 is 16.1. The normalized spacial score (nSPS) is 15.2. The van der Waals surface area contributed by atoms with Gasteiger partial charge in [0, 0.05) is 18.7 Å². The van der Waals surface area contributed by atoms with Crippen molar-refractivity contribution in [1.29, 1.82) is 0 Å². The largest absolute Gasteiger partial charge is 0.489 e. The van der Waals surface area contributed by atoms with Gasteiger partial charge in [0.15, 0.2) is 0 Å². The summed E-state index contributed by atoms with van der Waals surface area (Å²) in [5.74, 6) is 1.10. The standard InChI is InChI=1S/C26H28N2O5/c1-18-23(19(2)33-27-18)17-32-22-11-9-20(10-12-22)24(29)28-15-13-26(14-16-28,25(30)31-3)21-7-5-4-6-8-21/h4-12H,13-17H2,1-3H3. The first kappa shape index (κ1) is 22.6. The Morgan fingerprint density at radius 2 is 1.70 bits per heavy atom. The van der Waals surface area contributed by atoms with Crippen molar-refractivity contribution in [2.75, 3.05) is 20.2 Å². The van der Waals surface area contributed by atoms with Crippen LogP contribution in [0.3, 0.4) is 0 Å². The molecule has 0 bridgehead atoms. The Bertz CT molecular complexity index is 1090. The molecule has 1 fully saturated rings. The molecular weight excluding hydrogens is 420 g/mol. The van der Waals surface area contributed by atoms with Crippen LogP contribution in [0.25, 0.3) is 0 Å². The van der Waals surface area contributed by atoms with Gasteiger partial charge in [0.1, 0.15) is 18.1 Å². The van der Waals surface area contributed by atoms with Crippen LogP contribution >= 0.6 is 0 Å². The van der Waals surface area contributed by atoms with Gasteiger partial charge >= 0.3 is 5.97 Å². The molecule has 1 aromatic heterocycles. The third kappa shape index (κ3) is 4.49. The molecule has 1 aliphatic heterocycles. The van der Waals surface area contributed by atoms with E-state index in [1.807, 2.05) is 44.2 Å². The number of amides is 1. The molecule has 0 spiro atoms. The Morgan fingerprint density at radius 3 is 2.27 bits per heavy atom. The number of carbonyl (C=O) groups excluding carboxylic acids is 2. The minimum Gasteiger partial charge on any atom is -0.489 e. The fourth-order valence-electron chi connectivity index (χ4n) is 4.39. The highest BCUT2D eigenvalue weighted by molar-refractivity contribution is 5.94. The van der Waals surface area contributed by atoms with Crippen LogP contribution in [0.4, 0.5) is 0 Å². The third-order valence-electron chi connectivity index (χ3n) is 6.47. The van der Waals surface area contributed by atoms with Crippen molar-refractivity contribution >= 4 is 11.9 Å². The molecule has 1 saturated heterocycles. The summed E-state index contributed by atoms with van der Waals surface area (Å²) in [5, 5.41) is 3.93. The smallest absolute Gasteiger partial charge is 0.316 e. The molecule has 3 aromatic rings. The van der Waals surface area contributed by atoms with E-state index in [1.54, 1.807) is 29.2 Å². The predicted molar refractivity (Wildman–Crippen MR) is 122 cm³/mol. The van der Waals surface area contributed by atoms with Gasteiger partial charge in [-0.2, -0.15) is 0 Å². The van der Waals surface area contributed by atoms with Crippen molar-refractivity contribution in [3.8, 4) is 5.75 Å². The van der Waals surface area contributed by atoms with Crippen molar-refractivity contribution in [2.45, 2.75) is 38.7 Å². The first-order valence-corrected chi connectivity index (χ1v) is 11.0. The molecule has 0 radical (unpaired) electrons. The molecule has 1 amide bonds. The van der Waals surface area contributed by atoms with E-state index < -0.39 is 5.41 Å². The molecule has 2 aromatic carbocycles. The van der Waals surface area contributed by atoms with Crippen molar-refractivity contribution in [1.82, 2.24) is 10.1 Å². The van der Waals surface area contributed by atoms with Gasteiger partial charge < -0.3 is 18.9 Å². The number of carbonyl (C=O) groups is 2. The van der Waals surface area contributed by atoms with Crippen LogP contribution in [0.5, 0.6) is 5.75 Å². The molecule has 33 heavy (non-hydrogen) atoms. The molecule has 7 nitrogen and oxygen atoms in total. The van der Waals surface area contributed by atoms with Gasteiger partial charge in [0.05, 0.1) is 23.8 Å². The summed E-state index contributed by atoms with van der Waals surface area (Å²) in [6, 6.07) is 16.8. The lowest BCUT2D eigenvalue weighted by Crippen LogP contribution is -2.49. The van der Waals surface area contributed by atoms with Gasteiger partial charge in [0.25, 0.3) is 5.91 Å². The molecule has 0 aliphatic carbocycles. The van der Waals surface area contributed by atoms with Crippen molar-refractivity contribution in [3.63, 3.8) is 0 Å². The second kappa shape index (κ2) is 9.48. The van der Waals surface area contributed by atoms with Crippen LogP contribution < -0.4 is 4.74 Å². The lowest BCUT2D eigenvalue weighted by Gasteiger charge is -2.40. The van der Waals surface area contributed by atoms with Gasteiger partial charge in [-0.05, 0) is 56.5 Å². The Morgan fingerprint density at radius 1 is 1.03 bits per heavy atom. The molecule has 7 heteroatoms.